The van der Waals surface area contributed by atoms with E-state index in [1.165, 1.54) is 0 Å². The third kappa shape index (κ3) is 12.9. The SMILES string of the molecule is C=CCc1ccccn1.O=S(=O)(O)OOS(=O)(=O)O. The molecule has 0 amide bonds. The van der Waals surface area contributed by atoms with Gasteiger partial charge in [-0.3, -0.25) is 14.1 Å². The fourth-order valence-corrected chi connectivity index (χ4v) is 1.30. The van der Waals surface area contributed by atoms with E-state index < -0.39 is 20.8 Å². The van der Waals surface area contributed by atoms with E-state index in [2.05, 4.69) is 20.2 Å². The van der Waals surface area contributed by atoms with E-state index in [1.54, 1.807) is 6.20 Å². The molecule has 0 aromatic carbocycles. The first-order chi connectivity index (χ1) is 8.64. The van der Waals surface area contributed by atoms with Crippen molar-refractivity contribution in [2.24, 2.45) is 0 Å². The van der Waals surface area contributed by atoms with Crippen LogP contribution in [-0.4, -0.2) is 30.9 Å². The summed E-state index contributed by atoms with van der Waals surface area (Å²) in [6.07, 6.45) is 4.50. The number of aromatic nitrogens is 1. The molecule has 0 atom stereocenters. The topological polar surface area (TPSA) is 140 Å². The van der Waals surface area contributed by atoms with Crippen LogP contribution < -0.4 is 0 Å². The van der Waals surface area contributed by atoms with Crippen molar-refractivity contribution in [3.8, 4) is 0 Å². The summed E-state index contributed by atoms with van der Waals surface area (Å²) in [5.41, 5.74) is 1.08. The van der Waals surface area contributed by atoms with Crippen molar-refractivity contribution in [1.82, 2.24) is 4.98 Å². The van der Waals surface area contributed by atoms with Crippen molar-refractivity contribution in [2.75, 3.05) is 0 Å². The molecule has 0 aliphatic heterocycles. The zero-order valence-corrected chi connectivity index (χ0v) is 11.0. The van der Waals surface area contributed by atoms with Crippen molar-refractivity contribution < 1.29 is 34.6 Å². The van der Waals surface area contributed by atoms with Crippen LogP contribution in [-0.2, 0) is 35.9 Å². The van der Waals surface area contributed by atoms with Crippen molar-refractivity contribution in [3.63, 3.8) is 0 Å². The van der Waals surface area contributed by atoms with Gasteiger partial charge in [-0.1, -0.05) is 20.8 Å². The zero-order valence-electron chi connectivity index (χ0n) is 9.41. The van der Waals surface area contributed by atoms with E-state index in [0.717, 1.165) is 12.1 Å². The molecule has 0 fully saturated rings. The molecule has 1 aromatic rings. The van der Waals surface area contributed by atoms with Crippen LogP contribution in [0.15, 0.2) is 37.1 Å². The minimum absolute atomic E-state index is 0.862. The third-order valence-corrected chi connectivity index (χ3v) is 1.85. The first kappa shape index (κ1) is 17.6. The molecule has 1 aromatic heterocycles. The highest BCUT2D eigenvalue weighted by atomic mass is 32.3. The highest BCUT2D eigenvalue weighted by Gasteiger charge is 2.13. The fraction of sp³-hybridized carbons (Fsp3) is 0.125. The predicted octanol–water partition coefficient (Wildman–Crippen LogP) is 0.350. The quantitative estimate of drug-likeness (QED) is 0.341. The van der Waals surface area contributed by atoms with Gasteiger partial charge in [0.2, 0.25) is 0 Å². The van der Waals surface area contributed by atoms with Gasteiger partial charge in [-0.25, -0.2) is 0 Å². The number of nitrogens with zero attached hydrogens (tertiary/aromatic N) is 1. The van der Waals surface area contributed by atoms with Gasteiger partial charge in [0.05, 0.1) is 0 Å². The Balaban J connectivity index is 0.000000342. The van der Waals surface area contributed by atoms with E-state index in [-0.39, 0.29) is 0 Å². The lowest BCUT2D eigenvalue weighted by Crippen LogP contribution is -2.10. The average molecular weight is 313 g/mol. The van der Waals surface area contributed by atoms with Crippen LogP contribution in [0.5, 0.6) is 0 Å². The van der Waals surface area contributed by atoms with Gasteiger partial charge in [-0.15, -0.1) is 6.58 Å². The molecule has 1 rings (SSSR count). The maximum Gasteiger partial charge on any atom is 0.425 e. The monoisotopic (exact) mass is 313 g/mol. The Morgan fingerprint density at radius 3 is 2.00 bits per heavy atom. The van der Waals surface area contributed by atoms with Crippen molar-refractivity contribution in [3.05, 3.63) is 42.7 Å². The Hall–Kier alpha value is -1.37. The highest BCUT2D eigenvalue weighted by Crippen LogP contribution is 1.93. The summed E-state index contributed by atoms with van der Waals surface area (Å²) in [6.45, 7) is 3.62. The molecule has 0 saturated heterocycles. The summed E-state index contributed by atoms with van der Waals surface area (Å²) in [6, 6.07) is 5.88. The minimum atomic E-state index is -5.02. The largest absolute Gasteiger partial charge is 0.425 e. The molecule has 2 N–H and O–H groups in total. The molecule has 0 aliphatic carbocycles. The Morgan fingerprint density at radius 1 is 1.16 bits per heavy atom. The maximum absolute atomic E-state index is 9.51. The van der Waals surface area contributed by atoms with E-state index in [0.29, 0.717) is 0 Å². The summed E-state index contributed by atoms with van der Waals surface area (Å²) in [5, 5.41) is 0. The smallest absolute Gasteiger partial charge is 0.262 e. The second-order valence-corrected chi connectivity index (χ2v) is 4.79. The van der Waals surface area contributed by atoms with Gasteiger partial charge in [-0.05, 0) is 12.1 Å². The molecule has 9 nitrogen and oxygen atoms in total. The van der Waals surface area contributed by atoms with Crippen molar-refractivity contribution in [2.45, 2.75) is 6.42 Å². The van der Waals surface area contributed by atoms with Gasteiger partial charge in [0, 0.05) is 18.3 Å². The van der Waals surface area contributed by atoms with E-state index in [1.807, 2.05) is 24.3 Å². The lowest BCUT2D eigenvalue weighted by atomic mass is 10.3. The zero-order chi connectivity index (χ0) is 14.9. The Labute approximate surface area is 110 Å². The normalized spacial score (nSPS) is 11.3. The van der Waals surface area contributed by atoms with Gasteiger partial charge in [-0.2, -0.15) is 16.8 Å². The number of rotatable bonds is 5. The number of hydrogen-bond acceptors (Lipinski definition) is 7. The van der Waals surface area contributed by atoms with E-state index in [9.17, 15) is 16.8 Å². The Kier molecular flexibility index (Phi) is 7.36. The molecule has 0 aliphatic rings. The molecule has 1 heterocycles. The lowest BCUT2D eigenvalue weighted by Gasteiger charge is -1.92. The second kappa shape index (κ2) is 7.93. The Bertz CT molecular complexity index is 548. The van der Waals surface area contributed by atoms with Crippen LogP contribution in [0.1, 0.15) is 5.69 Å². The minimum Gasteiger partial charge on any atom is -0.262 e. The van der Waals surface area contributed by atoms with Gasteiger partial charge in [0.15, 0.2) is 0 Å². The van der Waals surface area contributed by atoms with Crippen molar-refractivity contribution in [1.29, 1.82) is 0 Å². The molecule has 0 saturated carbocycles. The first-order valence-corrected chi connectivity index (χ1v) is 7.20. The first-order valence-electron chi connectivity index (χ1n) is 4.47. The molecule has 108 valence electrons. The van der Waals surface area contributed by atoms with Gasteiger partial charge in [0.25, 0.3) is 0 Å². The molecular weight excluding hydrogens is 302 g/mol. The Morgan fingerprint density at radius 2 is 1.68 bits per heavy atom. The van der Waals surface area contributed by atoms with E-state index >= 15 is 0 Å². The van der Waals surface area contributed by atoms with Crippen LogP contribution in [0.2, 0.25) is 0 Å². The molecule has 0 spiro atoms. The molecule has 0 radical (unpaired) electrons. The second-order valence-electron chi connectivity index (χ2n) is 2.81. The number of hydrogen-bond donors (Lipinski definition) is 2. The van der Waals surface area contributed by atoms with Gasteiger partial charge >= 0.3 is 20.8 Å². The maximum atomic E-state index is 9.51. The van der Waals surface area contributed by atoms with Crippen LogP contribution >= 0.6 is 0 Å². The van der Waals surface area contributed by atoms with E-state index in [4.69, 9.17) is 9.11 Å². The number of pyridine rings is 1. The average Bonchev–Trinajstić information content (AvgIpc) is 2.28. The molecule has 0 unspecified atom stereocenters. The van der Waals surface area contributed by atoms with Crippen molar-refractivity contribution >= 4 is 20.8 Å². The van der Waals surface area contributed by atoms with Crippen LogP contribution in [0, 0.1) is 0 Å². The van der Waals surface area contributed by atoms with Gasteiger partial charge < -0.3 is 0 Å². The fourth-order valence-electron chi connectivity index (χ4n) is 0.737. The number of allylic oxidation sites excluding steroid dienone is 1. The predicted molar refractivity (Wildman–Crippen MR) is 63.4 cm³/mol. The summed E-state index contributed by atoms with van der Waals surface area (Å²) in [4.78, 5) is 4.10. The summed E-state index contributed by atoms with van der Waals surface area (Å²) in [5.74, 6) is 0. The third-order valence-electron chi connectivity index (χ3n) is 1.28. The summed E-state index contributed by atoms with van der Waals surface area (Å²) >= 11 is 0. The van der Waals surface area contributed by atoms with Crippen LogP contribution in [0.4, 0.5) is 0 Å². The van der Waals surface area contributed by atoms with Gasteiger partial charge in [0.1, 0.15) is 0 Å². The molecular formula is C8H11NO8S2. The summed E-state index contributed by atoms with van der Waals surface area (Å²) in [7, 11) is -10.0. The molecule has 11 heteroatoms. The van der Waals surface area contributed by atoms with Crippen LogP contribution in [0.3, 0.4) is 0 Å². The summed E-state index contributed by atoms with van der Waals surface area (Å²) < 4.78 is 58.9. The molecule has 0 bridgehead atoms. The standard InChI is InChI=1S/C8H9N.H2O8S2/c1-2-5-8-6-3-4-7-9-8;1-9(2,3)7-8-10(4,5)6/h2-4,6-7H,1,5H2;(H,1,2,3)(H,4,5,6). The highest BCUT2D eigenvalue weighted by molar-refractivity contribution is 7.83. The van der Waals surface area contributed by atoms with Crippen LogP contribution in [0.25, 0.3) is 0 Å². The molecule has 19 heavy (non-hydrogen) atoms. The lowest BCUT2D eigenvalue weighted by molar-refractivity contribution is -0.105.